The zero-order chi connectivity index (χ0) is 22.5. The smallest absolute Gasteiger partial charge is 0.258 e. The minimum atomic E-state index is -0.265. The van der Waals surface area contributed by atoms with Crippen LogP contribution in [0.25, 0.3) is 5.65 Å². The highest BCUT2D eigenvalue weighted by Gasteiger charge is 2.19. The van der Waals surface area contributed by atoms with Crippen LogP contribution in [-0.4, -0.2) is 15.3 Å². The fourth-order valence-corrected chi connectivity index (χ4v) is 3.69. The minimum Gasteiger partial charge on any atom is -0.485 e. The van der Waals surface area contributed by atoms with E-state index >= 15 is 0 Å². The highest BCUT2D eigenvalue weighted by Crippen LogP contribution is 2.27. The summed E-state index contributed by atoms with van der Waals surface area (Å²) in [5, 5.41) is 3.43. The second-order valence-corrected chi connectivity index (χ2v) is 7.74. The Bertz CT molecular complexity index is 1300. The fourth-order valence-electron chi connectivity index (χ4n) is 3.53. The van der Waals surface area contributed by atoms with E-state index in [1.165, 1.54) is 16.7 Å². The van der Waals surface area contributed by atoms with E-state index in [4.69, 9.17) is 16.3 Å². The van der Waals surface area contributed by atoms with Crippen LogP contribution in [0, 0.1) is 0 Å². The van der Waals surface area contributed by atoms with Gasteiger partial charge in [-0.1, -0.05) is 61.0 Å². The summed E-state index contributed by atoms with van der Waals surface area (Å²) in [4.78, 5) is 29.8. The Kier molecular flexibility index (Phi) is 6.52. The molecule has 0 fully saturated rings. The number of para-hydroxylation sites is 2. The van der Waals surface area contributed by atoms with Gasteiger partial charge in [0.15, 0.2) is 0 Å². The number of anilines is 1. The number of rotatable bonds is 7. The second-order valence-electron chi connectivity index (χ2n) is 7.31. The van der Waals surface area contributed by atoms with Crippen molar-refractivity contribution in [3.05, 3.63) is 106 Å². The van der Waals surface area contributed by atoms with Gasteiger partial charge in [-0.25, -0.2) is 4.98 Å². The van der Waals surface area contributed by atoms with Gasteiger partial charge in [0.05, 0.1) is 22.3 Å². The number of halogens is 1. The minimum absolute atomic E-state index is 0.0805. The largest absolute Gasteiger partial charge is 0.485 e. The van der Waals surface area contributed by atoms with Gasteiger partial charge < -0.3 is 10.1 Å². The summed E-state index contributed by atoms with van der Waals surface area (Å²) in [5.74, 6) is 0.133. The molecule has 0 saturated carbocycles. The van der Waals surface area contributed by atoms with Crippen molar-refractivity contribution in [3.8, 4) is 5.75 Å². The fraction of sp³-hybridized carbons (Fsp3) is 0.160. The molecule has 2 heterocycles. The molecule has 1 N–H and O–H groups in total. The lowest BCUT2D eigenvalue weighted by atomic mass is 9.95. The summed E-state index contributed by atoms with van der Waals surface area (Å²) in [7, 11) is 0. The molecule has 0 spiro atoms. The van der Waals surface area contributed by atoms with Crippen molar-refractivity contribution in [2.24, 2.45) is 0 Å². The maximum Gasteiger partial charge on any atom is 0.258 e. The van der Waals surface area contributed by atoms with E-state index in [9.17, 15) is 9.59 Å². The van der Waals surface area contributed by atoms with E-state index in [-0.39, 0.29) is 24.0 Å². The number of fused-ring (bicyclic) bond motifs is 1. The number of carbonyl (C=O) groups is 1. The lowest BCUT2D eigenvalue weighted by Crippen LogP contribution is -2.21. The summed E-state index contributed by atoms with van der Waals surface area (Å²) < 4.78 is 7.30. The third-order valence-electron chi connectivity index (χ3n) is 5.12. The molecule has 162 valence electrons. The van der Waals surface area contributed by atoms with Crippen molar-refractivity contribution in [2.45, 2.75) is 25.9 Å². The number of nitrogens with one attached hydrogen (secondary N) is 1. The number of pyridine rings is 1. The Morgan fingerprint density at radius 1 is 1.09 bits per heavy atom. The molecule has 0 bridgehead atoms. The Labute approximate surface area is 190 Å². The number of benzene rings is 2. The van der Waals surface area contributed by atoms with Crippen molar-refractivity contribution < 1.29 is 9.53 Å². The molecule has 1 unspecified atom stereocenters. The number of hydrogen-bond donors (Lipinski definition) is 1. The van der Waals surface area contributed by atoms with Crippen LogP contribution < -0.4 is 15.6 Å². The van der Waals surface area contributed by atoms with Gasteiger partial charge in [0.1, 0.15) is 18.0 Å². The van der Waals surface area contributed by atoms with Gasteiger partial charge in [-0.3, -0.25) is 14.0 Å². The quantitative estimate of drug-likeness (QED) is 0.430. The van der Waals surface area contributed by atoms with Crippen molar-refractivity contribution in [3.63, 3.8) is 0 Å². The molecule has 0 aliphatic carbocycles. The zero-order valence-electron chi connectivity index (χ0n) is 17.5. The molecule has 4 rings (SSSR count). The Morgan fingerprint density at radius 2 is 1.84 bits per heavy atom. The third-order valence-corrected chi connectivity index (χ3v) is 5.35. The first-order valence-corrected chi connectivity index (χ1v) is 10.7. The molecule has 7 heteroatoms. The topological polar surface area (TPSA) is 72.7 Å². The lowest BCUT2D eigenvalue weighted by molar-refractivity contribution is -0.117. The molecule has 0 saturated heterocycles. The third kappa shape index (κ3) is 4.81. The van der Waals surface area contributed by atoms with Crippen LogP contribution in [0.5, 0.6) is 5.75 Å². The summed E-state index contributed by atoms with van der Waals surface area (Å²) in [6, 6.07) is 21.7. The maximum absolute atomic E-state index is 13.0. The predicted molar refractivity (Wildman–Crippen MR) is 125 cm³/mol. The highest BCUT2D eigenvalue weighted by molar-refractivity contribution is 6.30. The van der Waals surface area contributed by atoms with Crippen molar-refractivity contribution >= 4 is 28.8 Å². The molecule has 2 aromatic heterocycles. The highest BCUT2D eigenvalue weighted by atomic mass is 35.5. The first kappa shape index (κ1) is 21.6. The van der Waals surface area contributed by atoms with Crippen LogP contribution in [-0.2, 0) is 11.4 Å². The SMILES string of the molecule is CCC(C(=O)Nc1ccccc1OCc1cc(=O)n2cc(Cl)ccc2n1)c1ccccc1. The standard InChI is InChI=1S/C25H22ClN3O3/c1-2-20(17-8-4-3-5-9-17)25(31)28-21-10-6-7-11-22(21)32-16-19-14-24(30)29-15-18(26)12-13-23(29)27-19/h3-15,20H,2,16H2,1H3,(H,28,31). The van der Waals surface area contributed by atoms with Gasteiger partial charge in [-0.15, -0.1) is 0 Å². The lowest BCUT2D eigenvalue weighted by Gasteiger charge is -2.17. The van der Waals surface area contributed by atoms with Crippen molar-refractivity contribution in [1.29, 1.82) is 0 Å². The number of carbonyl (C=O) groups excluding carboxylic acids is 1. The summed E-state index contributed by atoms with van der Waals surface area (Å²) in [5.41, 5.74) is 2.25. The van der Waals surface area contributed by atoms with E-state index < -0.39 is 0 Å². The van der Waals surface area contributed by atoms with Gasteiger partial charge in [0, 0.05) is 12.3 Å². The summed E-state index contributed by atoms with van der Waals surface area (Å²) >= 11 is 5.96. The first-order valence-electron chi connectivity index (χ1n) is 10.3. The monoisotopic (exact) mass is 447 g/mol. The van der Waals surface area contributed by atoms with E-state index in [1.807, 2.05) is 49.4 Å². The van der Waals surface area contributed by atoms with Gasteiger partial charge in [0.25, 0.3) is 5.56 Å². The molecule has 0 radical (unpaired) electrons. The van der Waals surface area contributed by atoms with Crippen molar-refractivity contribution in [2.75, 3.05) is 5.32 Å². The Morgan fingerprint density at radius 3 is 2.62 bits per heavy atom. The van der Waals surface area contributed by atoms with Crippen LogP contribution >= 0.6 is 11.6 Å². The Hall–Kier alpha value is -3.64. The predicted octanol–water partition coefficient (Wildman–Crippen LogP) is 5.06. The van der Waals surface area contributed by atoms with Gasteiger partial charge in [-0.05, 0) is 36.2 Å². The molecule has 2 aromatic carbocycles. The van der Waals surface area contributed by atoms with E-state index in [0.717, 1.165) is 5.56 Å². The molecular formula is C25H22ClN3O3. The van der Waals surface area contributed by atoms with Crippen LogP contribution in [0.2, 0.25) is 5.02 Å². The first-order chi connectivity index (χ1) is 15.5. The number of aromatic nitrogens is 2. The van der Waals surface area contributed by atoms with E-state index in [2.05, 4.69) is 10.3 Å². The van der Waals surface area contributed by atoms with Crippen LogP contribution in [0.3, 0.4) is 0 Å². The molecule has 1 amide bonds. The van der Waals surface area contributed by atoms with E-state index in [1.54, 1.807) is 24.3 Å². The summed E-state index contributed by atoms with van der Waals surface area (Å²) in [6.45, 7) is 2.06. The number of hydrogen-bond acceptors (Lipinski definition) is 4. The van der Waals surface area contributed by atoms with Crippen LogP contribution in [0.1, 0.15) is 30.5 Å². The molecule has 0 aliphatic heterocycles. The molecule has 32 heavy (non-hydrogen) atoms. The number of ether oxygens (including phenoxy) is 1. The van der Waals surface area contributed by atoms with Gasteiger partial charge in [0.2, 0.25) is 5.91 Å². The average molecular weight is 448 g/mol. The van der Waals surface area contributed by atoms with Crippen molar-refractivity contribution in [1.82, 2.24) is 9.38 Å². The van der Waals surface area contributed by atoms with Crippen LogP contribution in [0.4, 0.5) is 5.69 Å². The summed E-state index contributed by atoms with van der Waals surface area (Å²) in [6.07, 6.45) is 2.20. The zero-order valence-corrected chi connectivity index (χ0v) is 18.3. The second kappa shape index (κ2) is 9.66. The van der Waals surface area contributed by atoms with Crippen LogP contribution in [0.15, 0.2) is 83.8 Å². The molecule has 0 aliphatic rings. The normalized spacial score (nSPS) is 11.8. The molecule has 6 nitrogen and oxygen atoms in total. The molecule has 1 atom stereocenters. The number of nitrogens with zero attached hydrogens (tertiary/aromatic N) is 2. The number of amides is 1. The average Bonchev–Trinajstić information content (AvgIpc) is 2.80. The maximum atomic E-state index is 13.0. The molecular weight excluding hydrogens is 426 g/mol. The van der Waals surface area contributed by atoms with Gasteiger partial charge >= 0.3 is 0 Å². The van der Waals surface area contributed by atoms with Gasteiger partial charge in [-0.2, -0.15) is 0 Å². The Balaban J connectivity index is 1.52. The van der Waals surface area contributed by atoms with E-state index in [0.29, 0.717) is 34.2 Å². The molecule has 4 aromatic rings.